The molecule has 1 unspecified atom stereocenters. The van der Waals surface area contributed by atoms with Crippen LogP contribution in [0.15, 0.2) is 41.1 Å². The third kappa shape index (κ3) is 4.84. The van der Waals surface area contributed by atoms with E-state index in [4.69, 9.17) is 9.26 Å². The molecule has 7 heteroatoms. The Morgan fingerprint density at radius 2 is 1.77 bits per heavy atom. The number of aliphatic hydroxyl groups excluding tert-OH is 1. The highest BCUT2D eigenvalue weighted by Gasteiger charge is 2.40. The van der Waals surface area contributed by atoms with Crippen LogP contribution in [-0.4, -0.2) is 56.9 Å². The first-order chi connectivity index (χ1) is 14.3. The minimum absolute atomic E-state index is 0.248. The second-order valence-corrected chi connectivity index (χ2v) is 9.25. The highest BCUT2D eigenvalue weighted by Crippen LogP contribution is 2.38. The fourth-order valence-corrected chi connectivity index (χ4v) is 4.10. The Morgan fingerprint density at radius 1 is 1.13 bits per heavy atom. The molecule has 1 aliphatic heterocycles. The maximum atomic E-state index is 12.3. The topological polar surface area (TPSA) is 79.0 Å². The molecule has 0 bridgehead atoms. The Labute approximate surface area is 177 Å². The zero-order valence-corrected chi connectivity index (χ0v) is 18.0. The van der Waals surface area contributed by atoms with Crippen molar-refractivity contribution < 1.29 is 19.2 Å². The largest absolute Gasteiger partial charge is 0.444 e. The van der Waals surface area contributed by atoms with Crippen LogP contribution in [0.3, 0.4) is 0 Å². The highest BCUT2D eigenvalue weighted by atomic mass is 16.6. The minimum atomic E-state index is -0.653. The fourth-order valence-electron chi connectivity index (χ4n) is 4.10. The second kappa shape index (κ2) is 8.40. The van der Waals surface area contributed by atoms with Crippen LogP contribution in [0, 0.1) is 0 Å². The second-order valence-electron chi connectivity index (χ2n) is 9.25. The molecule has 2 aromatic rings. The average molecular weight is 414 g/mol. The van der Waals surface area contributed by atoms with Crippen LogP contribution in [0.5, 0.6) is 0 Å². The third-order valence-electron chi connectivity index (χ3n) is 5.72. The SMILES string of the molecule is CC(C)(C)OC(=O)N1CCC(N(C2CC2)C(O)c2ccc(-c3ccno3)cc2)CC1. The summed E-state index contributed by atoms with van der Waals surface area (Å²) in [5.41, 5.74) is 1.33. The summed E-state index contributed by atoms with van der Waals surface area (Å²) < 4.78 is 10.7. The summed E-state index contributed by atoms with van der Waals surface area (Å²) in [7, 11) is 0. The summed E-state index contributed by atoms with van der Waals surface area (Å²) in [4.78, 5) is 16.4. The number of carbonyl (C=O) groups is 1. The van der Waals surface area contributed by atoms with E-state index in [1.165, 1.54) is 0 Å². The average Bonchev–Trinajstić information content (AvgIpc) is 3.39. The van der Waals surface area contributed by atoms with Gasteiger partial charge in [0.15, 0.2) is 5.76 Å². The summed E-state index contributed by atoms with van der Waals surface area (Å²) in [5, 5.41) is 14.9. The number of hydrogen-bond acceptors (Lipinski definition) is 6. The van der Waals surface area contributed by atoms with Crippen LogP contribution < -0.4 is 0 Å². The Hall–Kier alpha value is -2.38. The zero-order valence-electron chi connectivity index (χ0n) is 18.0. The lowest BCUT2D eigenvalue weighted by Crippen LogP contribution is -2.49. The maximum Gasteiger partial charge on any atom is 0.410 e. The zero-order chi connectivity index (χ0) is 21.3. The van der Waals surface area contributed by atoms with Crippen LogP contribution in [0.1, 0.15) is 58.2 Å². The molecular weight excluding hydrogens is 382 g/mol. The number of carbonyl (C=O) groups excluding carboxylic acids is 1. The van der Waals surface area contributed by atoms with Gasteiger partial charge in [-0.1, -0.05) is 29.4 Å². The number of nitrogens with zero attached hydrogens (tertiary/aromatic N) is 3. The predicted octanol–water partition coefficient (Wildman–Crippen LogP) is 4.20. The monoisotopic (exact) mass is 413 g/mol. The van der Waals surface area contributed by atoms with Gasteiger partial charge in [-0.2, -0.15) is 0 Å². The number of hydrogen-bond donors (Lipinski definition) is 1. The summed E-state index contributed by atoms with van der Waals surface area (Å²) in [6, 6.07) is 10.3. The number of rotatable bonds is 5. The number of amides is 1. The molecule has 1 saturated heterocycles. The molecule has 1 aromatic heterocycles. The lowest BCUT2D eigenvalue weighted by molar-refractivity contribution is -0.0516. The van der Waals surface area contributed by atoms with Crippen LogP contribution in [0.2, 0.25) is 0 Å². The van der Waals surface area contributed by atoms with Crippen molar-refractivity contribution in [1.82, 2.24) is 15.0 Å². The van der Waals surface area contributed by atoms with Crippen molar-refractivity contribution in [3.63, 3.8) is 0 Å². The van der Waals surface area contributed by atoms with Crippen molar-refractivity contribution in [3.05, 3.63) is 42.1 Å². The molecule has 30 heavy (non-hydrogen) atoms. The number of aromatic nitrogens is 1. The van der Waals surface area contributed by atoms with E-state index in [1.54, 1.807) is 11.1 Å². The van der Waals surface area contributed by atoms with Crippen molar-refractivity contribution in [2.24, 2.45) is 0 Å². The first-order valence-electron chi connectivity index (χ1n) is 10.8. The normalized spacial score (nSPS) is 19.2. The van der Waals surface area contributed by atoms with Gasteiger partial charge in [-0.25, -0.2) is 4.79 Å². The standard InChI is InChI=1S/C23H31N3O4/c1-23(2,3)29-22(28)25-14-11-19(12-15-25)26(18-8-9-18)21(27)17-6-4-16(5-7-17)20-10-13-24-30-20/h4-7,10,13,18-19,21,27H,8-9,11-12,14-15H2,1-3H3. The number of ether oxygens (including phenoxy) is 1. The van der Waals surface area contributed by atoms with Gasteiger partial charge < -0.3 is 19.3 Å². The Bertz CT molecular complexity index is 832. The summed E-state index contributed by atoms with van der Waals surface area (Å²) in [6.07, 6.45) is 4.61. The molecule has 1 atom stereocenters. The van der Waals surface area contributed by atoms with E-state index >= 15 is 0 Å². The van der Waals surface area contributed by atoms with Gasteiger partial charge >= 0.3 is 6.09 Å². The van der Waals surface area contributed by atoms with Gasteiger partial charge in [0, 0.05) is 36.8 Å². The molecule has 2 heterocycles. The smallest absolute Gasteiger partial charge is 0.410 e. The first kappa shape index (κ1) is 20.9. The Kier molecular flexibility index (Phi) is 5.84. The third-order valence-corrected chi connectivity index (χ3v) is 5.72. The molecule has 1 aliphatic carbocycles. The molecule has 162 valence electrons. The minimum Gasteiger partial charge on any atom is -0.444 e. The molecule has 1 amide bonds. The van der Waals surface area contributed by atoms with Gasteiger partial charge in [-0.05, 0) is 52.0 Å². The molecule has 1 N–H and O–H groups in total. The van der Waals surface area contributed by atoms with E-state index in [0.29, 0.717) is 24.9 Å². The summed E-state index contributed by atoms with van der Waals surface area (Å²) in [6.45, 7) is 6.96. The lowest BCUT2D eigenvalue weighted by Gasteiger charge is -2.41. The molecule has 2 fully saturated rings. The van der Waals surface area contributed by atoms with E-state index in [9.17, 15) is 9.90 Å². The van der Waals surface area contributed by atoms with E-state index in [1.807, 2.05) is 51.1 Å². The Balaban J connectivity index is 1.40. The van der Waals surface area contributed by atoms with Crippen LogP contribution in [0.4, 0.5) is 4.79 Å². The van der Waals surface area contributed by atoms with Crippen molar-refractivity contribution in [2.45, 2.75) is 70.4 Å². The molecule has 1 aromatic carbocycles. The molecule has 2 aliphatic rings. The molecular formula is C23H31N3O4. The van der Waals surface area contributed by atoms with E-state index < -0.39 is 11.8 Å². The molecule has 0 spiro atoms. The van der Waals surface area contributed by atoms with Gasteiger partial charge in [0.1, 0.15) is 11.8 Å². The van der Waals surface area contributed by atoms with Crippen LogP contribution in [-0.2, 0) is 4.74 Å². The van der Waals surface area contributed by atoms with Gasteiger partial charge in [0.05, 0.1) is 6.20 Å². The number of aliphatic hydroxyl groups is 1. The molecule has 1 saturated carbocycles. The maximum absolute atomic E-state index is 12.3. The Morgan fingerprint density at radius 3 is 2.30 bits per heavy atom. The molecule has 7 nitrogen and oxygen atoms in total. The van der Waals surface area contributed by atoms with E-state index in [2.05, 4.69) is 10.1 Å². The quantitative estimate of drug-likeness (QED) is 0.740. The highest BCUT2D eigenvalue weighted by molar-refractivity contribution is 5.68. The number of likely N-dealkylation sites (tertiary alicyclic amines) is 1. The van der Waals surface area contributed by atoms with Gasteiger partial charge in [-0.3, -0.25) is 4.90 Å². The van der Waals surface area contributed by atoms with Gasteiger partial charge in [0.25, 0.3) is 0 Å². The summed E-state index contributed by atoms with van der Waals surface area (Å²) >= 11 is 0. The molecule has 4 rings (SSSR count). The predicted molar refractivity (Wildman–Crippen MR) is 113 cm³/mol. The van der Waals surface area contributed by atoms with Gasteiger partial charge in [-0.15, -0.1) is 0 Å². The van der Waals surface area contributed by atoms with Gasteiger partial charge in [0.2, 0.25) is 0 Å². The van der Waals surface area contributed by atoms with E-state index in [-0.39, 0.29) is 12.1 Å². The molecule has 0 radical (unpaired) electrons. The summed E-state index contributed by atoms with van der Waals surface area (Å²) in [5.74, 6) is 0.713. The van der Waals surface area contributed by atoms with Crippen molar-refractivity contribution >= 4 is 6.09 Å². The van der Waals surface area contributed by atoms with Crippen LogP contribution in [0.25, 0.3) is 11.3 Å². The fraction of sp³-hybridized carbons (Fsp3) is 0.565. The van der Waals surface area contributed by atoms with Crippen molar-refractivity contribution in [2.75, 3.05) is 13.1 Å². The van der Waals surface area contributed by atoms with Crippen LogP contribution >= 0.6 is 0 Å². The lowest BCUT2D eigenvalue weighted by atomic mass is 10.0. The number of benzene rings is 1. The number of piperidine rings is 1. The van der Waals surface area contributed by atoms with Crippen molar-refractivity contribution in [1.29, 1.82) is 0 Å². The first-order valence-corrected chi connectivity index (χ1v) is 10.8. The van der Waals surface area contributed by atoms with E-state index in [0.717, 1.165) is 36.8 Å². The van der Waals surface area contributed by atoms with Crippen molar-refractivity contribution in [3.8, 4) is 11.3 Å².